The summed E-state index contributed by atoms with van der Waals surface area (Å²) in [7, 11) is 0. The van der Waals surface area contributed by atoms with Crippen LogP contribution in [0.3, 0.4) is 0 Å². The third kappa shape index (κ3) is 4.80. The minimum absolute atomic E-state index is 0. The monoisotopic (exact) mass is 180 g/mol. The summed E-state index contributed by atoms with van der Waals surface area (Å²) in [5.74, 6) is 0. The van der Waals surface area contributed by atoms with Crippen molar-refractivity contribution >= 4 is 19.8 Å². The summed E-state index contributed by atoms with van der Waals surface area (Å²) in [6, 6.07) is 0. The molecule has 0 aliphatic carbocycles. The average Bonchev–Trinajstić information content (AvgIpc) is 1.38. The average molecular weight is 179 g/mol. The molecule has 0 bridgehead atoms. The fourth-order valence-corrected chi connectivity index (χ4v) is 0. The van der Waals surface area contributed by atoms with Gasteiger partial charge in [0.2, 0.25) is 0 Å². The molecule has 0 saturated heterocycles. The molecule has 0 aromatic heterocycles. The zero-order chi connectivity index (χ0) is 4.28. The van der Waals surface area contributed by atoms with Gasteiger partial charge in [-0.3, -0.25) is 0 Å². The van der Waals surface area contributed by atoms with Gasteiger partial charge in [0, 0.05) is 0 Å². The molecule has 0 heterocycles. The Kier molecular flexibility index (Phi) is 3.49. The van der Waals surface area contributed by atoms with Crippen molar-refractivity contribution in [3.63, 3.8) is 0 Å². The number of hydrogen-bond acceptors (Lipinski definition) is 0. The van der Waals surface area contributed by atoms with E-state index in [9.17, 15) is 0 Å². The van der Waals surface area contributed by atoms with Crippen molar-refractivity contribution in [2.45, 2.75) is 21.2 Å². The number of hydrogen-bond donors (Lipinski definition) is 0. The smallest absolute Gasteiger partial charge is 1.00 e. The van der Waals surface area contributed by atoms with E-state index in [2.05, 4.69) is 16.8 Å². The molecule has 0 nitrogen and oxygen atoms in total. The predicted octanol–water partition coefficient (Wildman–Crippen LogP) is 1.87. The maximum atomic E-state index is 2.42. The maximum absolute atomic E-state index is 2.42. The van der Waals surface area contributed by atoms with Crippen molar-refractivity contribution in [2.24, 2.45) is 0 Å². The Morgan fingerprint density at radius 3 is 1.80 bits per heavy atom. The molecule has 0 saturated carbocycles. The molecule has 0 unspecified atom stereocenters. The van der Waals surface area contributed by atoms with Gasteiger partial charge in [0.05, 0.1) is 0 Å². The first-order valence-corrected chi connectivity index (χ1v) is 9.79. The standard InChI is InChI=1S/C2H5.2CH3.Sn.H/c1-2;;;;/h1H2,2H3;2*1H3;;/q;;;;-1. The Hall–Kier alpha value is 0.799. The van der Waals surface area contributed by atoms with Gasteiger partial charge in [0.1, 0.15) is 0 Å². The van der Waals surface area contributed by atoms with Crippen LogP contribution in [-0.2, 0) is 0 Å². The zero-order valence-corrected chi connectivity index (χ0v) is 7.06. The van der Waals surface area contributed by atoms with Gasteiger partial charge in [-0.1, -0.05) is 0 Å². The van der Waals surface area contributed by atoms with E-state index >= 15 is 0 Å². The van der Waals surface area contributed by atoms with Gasteiger partial charge in [-0.15, -0.1) is 0 Å². The molecule has 0 fully saturated rings. The van der Waals surface area contributed by atoms with Crippen LogP contribution in [-0.4, -0.2) is 19.8 Å². The van der Waals surface area contributed by atoms with E-state index in [1.165, 1.54) is 4.44 Å². The van der Waals surface area contributed by atoms with E-state index in [0.29, 0.717) is 0 Å². The Morgan fingerprint density at radius 2 is 1.80 bits per heavy atom. The van der Waals surface area contributed by atoms with Gasteiger partial charge in [-0.25, -0.2) is 0 Å². The summed E-state index contributed by atoms with van der Waals surface area (Å²) in [5.41, 5.74) is 0. The molecule has 0 N–H and O–H groups in total. The van der Waals surface area contributed by atoms with Gasteiger partial charge in [0.15, 0.2) is 0 Å². The second kappa shape index (κ2) is 3.01. The van der Waals surface area contributed by atoms with Crippen LogP contribution in [0.25, 0.3) is 0 Å². The van der Waals surface area contributed by atoms with Crippen LogP contribution in [0.5, 0.6) is 0 Å². The molecule has 0 atom stereocenters. The Labute approximate surface area is 42.8 Å². The number of rotatable bonds is 1. The first-order valence-electron chi connectivity index (χ1n) is 2.06. The quantitative estimate of drug-likeness (QED) is 0.538. The van der Waals surface area contributed by atoms with Crippen molar-refractivity contribution in [1.29, 1.82) is 0 Å². The van der Waals surface area contributed by atoms with Gasteiger partial charge in [-0.2, -0.15) is 0 Å². The Morgan fingerprint density at radius 1 is 1.60 bits per heavy atom. The normalized spacial score (nSPS) is 9.60. The minimum Gasteiger partial charge on any atom is -1.00 e. The minimum atomic E-state index is -0.580. The molecule has 0 spiro atoms. The molecule has 0 aliphatic rings. The van der Waals surface area contributed by atoms with E-state index in [4.69, 9.17) is 0 Å². The first-order chi connectivity index (χ1) is 2.27. The summed E-state index contributed by atoms with van der Waals surface area (Å²) in [6.45, 7) is 2.29. The summed E-state index contributed by atoms with van der Waals surface area (Å²) >= 11 is -0.580. The third-order valence-electron chi connectivity index (χ3n) is 0.707. The molecule has 1 radical (unpaired) electrons. The largest absolute Gasteiger partial charge is 1.00 e. The van der Waals surface area contributed by atoms with Gasteiger partial charge in [0.25, 0.3) is 0 Å². The summed E-state index contributed by atoms with van der Waals surface area (Å²) in [5, 5.41) is 0. The molecule has 33 valence electrons. The molecule has 1 heteroatoms. The van der Waals surface area contributed by atoms with Crippen molar-refractivity contribution in [2.75, 3.05) is 0 Å². The van der Waals surface area contributed by atoms with Crippen LogP contribution in [0.1, 0.15) is 8.35 Å². The Bertz CT molecular complexity index is 21.5. The van der Waals surface area contributed by atoms with Gasteiger partial charge >= 0.3 is 41.0 Å². The SMILES string of the molecule is C[CH2][Sn]([CH3])[CH3].[H-]. The molecule has 0 amide bonds. The van der Waals surface area contributed by atoms with Gasteiger partial charge in [-0.05, 0) is 0 Å². The third-order valence-corrected chi connectivity index (χ3v) is 4.74. The first kappa shape index (κ1) is 5.80. The van der Waals surface area contributed by atoms with Crippen LogP contribution >= 0.6 is 0 Å². The van der Waals surface area contributed by atoms with E-state index in [0.717, 1.165) is 0 Å². The van der Waals surface area contributed by atoms with Gasteiger partial charge < -0.3 is 1.43 Å². The van der Waals surface area contributed by atoms with Crippen molar-refractivity contribution in [3.05, 3.63) is 0 Å². The van der Waals surface area contributed by atoms with E-state index in [1.807, 2.05) is 0 Å². The van der Waals surface area contributed by atoms with E-state index in [-0.39, 0.29) is 1.43 Å². The second-order valence-electron chi connectivity index (χ2n) is 1.56. The van der Waals surface area contributed by atoms with Crippen molar-refractivity contribution in [1.82, 2.24) is 0 Å². The molecule has 0 aliphatic heterocycles. The molecule has 0 aromatic rings. The van der Waals surface area contributed by atoms with Crippen LogP contribution in [0.15, 0.2) is 0 Å². The van der Waals surface area contributed by atoms with E-state index < -0.39 is 19.8 Å². The second-order valence-corrected chi connectivity index (χ2v) is 10.5. The van der Waals surface area contributed by atoms with Crippen molar-refractivity contribution < 1.29 is 1.43 Å². The van der Waals surface area contributed by atoms with E-state index in [1.54, 1.807) is 0 Å². The summed E-state index contributed by atoms with van der Waals surface area (Å²) in [6.07, 6.45) is 0. The zero-order valence-electron chi connectivity index (χ0n) is 5.21. The van der Waals surface area contributed by atoms with Crippen LogP contribution in [0.4, 0.5) is 0 Å². The summed E-state index contributed by atoms with van der Waals surface area (Å²) in [4.78, 5) is 4.84. The van der Waals surface area contributed by atoms with Crippen LogP contribution in [0.2, 0.25) is 14.3 Å². The fourth-order valence-electron chi connectivity index (χ4n) is 0. The predicted molar refractivity (Wildman–Crippen MR) is 29.1 cm³/mol. The summed E-state index contributed by atoms with van der Waals surface area (Å²) < 4.78 is 1.50. The molecule has 0 rings (SSSR count). The van der Waals surface area contributed by atoms with Crippen LogP contribution in [0, 0.1) is 0 Å². The molecular formula is C4H12Sn-. The molecule has 0 aromatic carbocycles. The molecular weight excluding hydrogens is 167 g/mol. The van der Waals surface area contributed by atoms with Crippen LogP contribution < -0.4 is 0 Å². The maximum Gasteiger partial charge on any atom is -1.00 e. The topological polar surface area (TPSA) is 0 Å². The molecule has 5 heavy (non-hydrogen) atoms. The van der Waals surface area contributed by atoms with Crippen molar-refractivity contribution in [3.8, 4) is 0 Å². The fraction of sp³-hybridized carbons (Fsp3) is 1.00. The Balaban J connectivity index is 0.